The first-order valence-electron chi connectivity index (χ1n) is 14.6. The van der Waals surface area contributed by atoms with E-state index in [2.05, 4.69) is 24.5 Å². The maximum absolute atomic E-state index is 9.98. The monoisotopic (exact) mass is 488 g/mol. The van der Waals surface area contributed by atoms with E-state index in [1.54, 1.807) is 0 Å². The summed E-state index contributed by atoms with van der Waals surface area (Å²) in [6.45, 7) is 9.34. The lowest BCUT2D eigenvalue weighted by Gasteiger charge is -2.14. The molecule has 0 bridgehead atoms. The van der Waals surface area contributed by atoms with Crippen LogP contribution in [-0.2, 0) is 9.47 Å². The molecule has 0 aromatic rings. The minimum atomic E-state index is -0.468. The van der Waals surface area contributed by atoms with Gasteiger partial charge in [0.2, 0.25) is 0 Å². The topological polar surface area (TPSA) is 83.0 Å². The van der Waals surface area contributed by atoms with E-state index in [4.69, 9.17) is 9.47 Å². The fraction of sp³-hybridized carbons (Fsp3) is 1.00. The number of rotatable bonds is 29. The number of unbranched alkanes of at least 4 members (excludes halogenated alkanes) is 14. The highest BCUT2D eigenvalue weighted by molar-refractivity contribution is 4.62. The Morgan fingerprint density at radius 3 is 1.18 bits per heavy atom. The second-order valence-corrected chi connectivity index (χ2v) is 9.82. The molecule has 0 amide bonds. The Kier molecular flexibility index (Phi) is 28.8. The second-order valence-electron chi connectivity index (χ2n) is 9.82. The van der Waals surface area contributed by atoms with Crippen LogP contribution in [0.15, 0.2) is 0 Å². The molecule has 206 valence electrons. The van der Waals surface area contributed by atoms with Crippen molar-refractivity contribution in [1.29, 1.82) is 0 Å². The summed E-state index contributed by atoms with van der Waals surface area (Å²) in [5, 5.41) is 26.4. The third-order valence-corrected chi connectivity index (χ3v) is 6.14. The zero-order valence-corrected chi connectivity index (χ0v) is 22.8. The van der Waals surface area contributed by atoms with E-state index in [0.717, 1.165) is 39.1 Å². The van der Waals surface area contributed by atoms with Gasteiger partial charge < -0.3 is 30.3 Å². The number of aliphatic hydroxyl groups is 2. The highest BCUT2D eigenvalue weighted by Crippen LogP contribution is 2.09. The number of ether oxygens (including phenoxy) is 2. The fourth-order valence-electron chi connectivity index (χ4n) is 3.95. The van der Waals surface area contributed by atoms with E-state index < -0.39 is 12.2 Å². The van der Waals surface area contributed by atoms with Gasteiger partial charge in [0.1, 0.15) is 0 Å². The molecule has 0 saturated heterocycles. The third-order valence-electron chi connectivity index (χ3n) is 6.14. The van der Waals surface area contributed by atoms with Crippen molar-refractivity contribution in [3.63, 3.8) is 0 Å². The van der Waals surface area contributed by atoms with Crippen molar-refractivity contribution in [3.05, 3.63) is 0 Å². The van der Waals surface area contributed by atoms with Crippen LogP contribution in [0, 0.1) is 0 Å². The van der Waals surface area contributed by atoms with Crippen molar-refractivity contribution < 1.29 is 19.7 Å². The molecule has 0 radical (unpaired) electrons. The average molecular weight is 489 g/mol. The van der Waals surface area contributed by atoms with Gasteiger partial charge in [0.15, 0.2) is 0 Å². The zero-order valence-electron chi connectivity index (χ0n) is 22.8. The Morgan fingerprint density at radius 2 is 0.824 bits per heavy atom. The molecule has 0 heterocycles. The first-order valence-corrected chi connectivity index (χ1v) is 14.6. The zero-order chi connectivity index (χ0) is 25.0. The second kappa shape index (κ2) is 29.0. The molecule has 0 spiro atoms. The first kappa shape index (κ1) is 33.8. The number of aliphatic hydroxyl groups excluding tert-OH is 2. The summed E-state index contributed by atoms with van der Waals surface area (Å²) in [4.78, 5) is 0. The highest BCUT2D eigenvalue weighted by atomic mass is 16.5. The molecule has 0 aliphatic carbocycles. The molecule has 2 atom stereocenters. The molecule has 0 aromatic heterocycles. The molecule has 0 saturated carbocycles. The van der Waals surface area contributed by atoms with Crippen LogP contribution in [-0.4, -0.2) is 75.0 Å². The Morgan fingerprint density at radius 1 is 0.500 bits per heavy atom. The van der Waals surface area contributed by atoms with E-state index in [9.17, 15) is 10.2 Å². The molecular formula is C28H60N2O4. The quantitative estimate of drug-likeness (QED) is 0.108. The van der Waals surface area contributed by atoms with Crippen molar-refractivity contribution >= 4 is 0 Å². The normalized spacial score (nSPS) is 13.4. The number of hydrogen-bond donors (Lipinski definition) is 4. The molecule has 0 rings (SSSR count). The van der Waals surface area contributed by atoms with E-state index >= 15 is 0 Å². The molecule has 0 aromatic carbocycles. The lowest BCUT2D eigenvalue weighted by atomic mass is 10.1. The van der Waals surface area contributed by atoms with Crippen LogP contribution >= 0.6 is 0 Å². The van der Waals surface area contributed by atoms with Crippen molar-refractivity contribution in [3.8, 4) is 0 Å². The summed E-state index contributed by atoms with van der Waals surface area (Å²) < 4.78 is 11.2. The van der Waals surface area contributed by atoms with E-state index in [1.165, 1.54) is 89.9 Å². The van der Waals surface area contributed by atoms with Gasteiger partial charge in [-0.1, -0.05) is 104 Å². The minimum absolute atomic E-state index is 0.395. The van der Waals surface area contributed by atoms with Crippen molar-refractivity contribution in [2.45, 2.75) is 129 Å². The van der Waals surface area contributed by atoms with E-state index in [1.807, 2.05) is 0 Å². The van der Waals surface area contributed by atoms with Gasteiger partial charge >= 0.3 is 0 Å². The highest BCUT2D eigenvalue weighted by Gasteiger charge is 2.05. The summed E-state index contributed by atoms with van der Waals surface area (Å²) in [5.74, 6) is 0. The van der Waals surface area contributed by atoms with Gasteiger partial charge in [-0.3, -0.25) is 0 Å². The van der Waals surface area contributed by atoms with Crippen LogP contribution in [0.2, 0.25) is 0 Å². The van der Waals surface area contributed by atoms with Crippen LogP contribution in [0.3, 0.4) is 0 Å². The van der Waals surface area contributed by atoms with Crippen LogP contribution in [0.5, 0.6) is 0 Å². The lowest BCUT2D eigenvalue weighted by molar-refractivity contribution is 0.0339. The Hall–Kier alpha value is -0.240. The number of hydrogen-bond acceptors (Lipinski definition) is 6. The summed E-state index contributed by atoms with van der Waals surface area (Å²) in [5.41, 5.74) is 0. The molecule has 0 unspecified atom stereocenters. The molecule has 34 heavy (non-hydrogen) atoms. The Balaban J connectivity index is 3.25. The summed E-state index contributed by atoms with van der Waals surface area (Å²) in [6.07, 6.45) is 19.8. The third kappa shape index (κ3) is 28.0. The van der Waals surface area contributed by atoms with Crippen LogP contribution in [0.25, 0.3) is 0 Å². The van der Waals surface area contributed by atoms with Gasteiger partial charge in [-0.15, -0.1) is 0 Å². The lowest BCUT2D eigenvalue weighted by Crippen LogP contribution is -2.37. The predicted octanol–water partition coefficient (Wildman–Crippen LogP) is 5.20. The SMILES string of the molecule is CCCCCCCCCCOC[C@H](O)CNCCNC[C@H](O)COCCCCCCCCCC. The average Bonchev–Trinajstić information content (AvgIpc) is 2.83. The van der Waals surface area contributed by atoms with Gasteiger partial charge in [0.05, 0.1) is 25.4 Å². The van der Waals surface area contributed by atoms with Crippen molar-refractivity contribution in [2.24, 2.45) is 0 Å². The van der Waals surface area contributed by atoms with Crippen LogP contribution < -0.4 is 10.6 Å². The van der Waals surface area contributed by atoms with Crippen LogP contribution in [0.1, 0.15) is 117 Å². The summed E-state index contributed by atoms with van der Waals surface area (Å²) in [6, 6.07) is 0. The Bertz CT molecular complexity index is 340. The van der Waals surface area contributed by atoms with Gasteiger partial charge in [0, 0.05) is 39.4 Å². The maximum atomic E-state index is 9.98. The Labute approximate surface area is 212 Å². The van der Waals surface area contributed by atoms with E-state index in [0.29, 0.717) is 26.3 Å². The summed E-state index contributed by atoms with van der Waals surface area (Å²) in [7, 11) is 0. The molecule has 0 aliphatic rings. The maximum Gasteiger partial charge on any atom is 0.0897 e. The largest absolute Gasteiger partial charge is 0.389 e. The van der Waals surface area contributed by atoms with Crippen molar-refractivity contribution in [1.82, 2.24) is 10.6 Å². The summed E-state index contributed by atoms with van der Waals surface area (Å²) >= 11 is 0. The molecule has 6 nitrogen and oxygen atoms in total. The van der Waals surface area contributed by atoms with Gasteiger partial charge in [-0.2, -0.15) is 0 Å². The fourth-order valence-corrected chi connectivity index (χ4v) is 3.95. The predicted molar refractivity (Wildman–Crippen MR) is 145 cm³/mol. The molecule has 0 fully saturated rings. The van der Waals surface area contributed by atoms with Crippen LogP contribution in [0.4, 0.5) is 0 Å². The van der Waals surface area contributed by atoms with Gasteiger partial charge in [-0.25, -0.2) is 0 Å². The van der Waals surface area contributed by atoms with Gasteiger partial charge in [-0.05, 0) is 12.8 Å². The van der Waals surface area contributed by atoms with Gasteiger partial charge in [0.25, 0.3) is 0 Å². The minimum Gasteiger partial charge on any atom is -0.389 e. The van der Waals surface area contributed by atoms with E-state index in [-0.39, 0.29) is 0 Å². The molecule has 4 N–H and O–H groups in total. The smallest absolute Gasteiger partial charge is 0.0897 e. The molecule has 6 heteroatoms. The number of nitrogens with one attached hydrogen (secondary N) is 2. The van der Waals surface area contributed by atoms with Crippen molar-refractivity contribution in [2.75, 3.05) is 52.6 Å². The molecule has 0 aliphatic heterocycles. The standard InChI is InChI=1S/C28H60N2O4/c1-3-5-7-9-11-13-15-17-21-33-25-27(31)23-29-19-20-30-24-28(32)26-34-22-18-16-14-12-10-8-6-4-2/h27-32H,3-26H2,1-2H3/t27-,28+. The first-order chi connectivity index (χ1) is 16.7. The molecular weight excluding hydrogens is 428 g/mol.